The fraction of sp³-hybridized carbons (Fsp3) is 0.529. The average molecular weight is 356 g/mol. The number of rotatable bonds is 4. The maximum Gasteiger partial charge on any atom is 0.335 e. The molecule has 1 heterocycles. The van der Waals surface area contributed by atoms with Gasteiger partial charge in [0.25, 0.3) is 0 Å². The molecule has 1 aliphatic heterocycles. The number of hydrogen-bond donors (Lipinski definition) is 3. The molecule has 2 aliphatic rings. The summed E-state index contributed by atoms with van der Waals surface area (Å²) in [6, 6.07) is 6.05. The van der Waals surface area contributed by atoms with E-state index in [4.69, 9.17) is 14.9 Å². The highest BCUT2D eigenvalue weighted by Gasteiger charge is 2.38. The van der Waals surface area contributed by atoms with E-state index in [9.17, 15) is 9.59 Å². The SMILES string of the molecule is Cl.O=C(O)c1cccc(O[C@H]2CC[C@H]3CN[C@H](C(=O)O)C[C@H]3C2)c1. The van der Waals surface area contributed by atoms with Crippen molar-refractivity contribution < 1.29 is 24.5 Å². The Balaban J connectivity index is 0.00000208. The molecule has 3 N–H and O–H groups in total. The van der Waals surface area contributed by atoms with E-state index in [-0.39, 0.29) is 24.1 Å². The Labute approximate surface area is 146 Å². The van der Waals surface area contributed by atoms with E-state index in [0.717, 1.165) is 25.8 Å². The van der Waals surface area contributed by atoms with Gasteiger partial charge >= 0.3 is 11.9 Å². The Morgan fingerprint density at radius 2 is 1.92 bits per heavy atom. The minimum Gasteiger partial charge on any atom is -0.490 e. The maximum absolute atomic E-state index is 11.2. The number of nitrogens with one attached hydrogen (secondary N) is 1. The second kappa shape index (κ2) is 7.85. The third-order valence-corrected chi connectivity index (χ3v) is 4.94. The molecule has 24 heavy (non-hydrogen) atoms. The molecule has 4 atom stereocenters. The standard InChI is InChI=1S/C17H21NO5.ClH/c19-16(20)10-2-1-3-13(6-10)23-14-5-4-11-9-18-15(17(21)22)8-12(11)7-14;/h1-3,6,11-12,14-15,18H,4-5,7-9H2,(H,19,20)(H,21,22);1H/t11-,12+,14-,15-;/m0./s1. The summed E-state index contributed by atoms with van der Waals surface area (Å²) in [5.74, 6) is -0.339. The fourth-order valence-electron chi connectivity index (χ4n) is 3.71. The summed E-state index contributed by atoms with van der Waals surface area (Å²) >= 11 is 0. The van der Waals surface area contributed by atoms with Gasteiger partial charge in [0.2, 0.25) is 0 Å². The summed E-state index contributed by atoms with van der Waals surface area (Å²) in [4.78, 5) is 22.2. The largest absolute Gasteiger partial charge is 0.490 e. The number of carbonyl (C=O) groups is 2. The molecule has 1 saturated heterocycles. The molecule has 0 radical (unpaired) electrons. The Hall–Kier alpha value is -1.79. The molecule has 0 unspecified atom stereocenters. The minimum atomic E-state index is -0.971. The number of aliphatic carboxylic acids is 1. The molecule has 1 aliphatic carbocycles. The number of piperidine rings is 1. The number of ether oxygens (including phenoxy) is 1. The number of halogens is 1. The van der Waals surface area contributed by atoms with E-state index < -0.39 is 18.0 Å². The first kappa shape index (κ1) is 18.5. The van der Waals surface area contributed by atoms with Gasteiger partial charge in [-0.25, -0.2) is 4.79 Å². The van der Waals surface area contributed by atoms with Gasteiger partial charge in [0.15, 0.2) is 0 Å². The summed E-state index contributed by atoms with van der Waals surface area (Å²) in [5.41, 5.74) is 0.212. The zero-order valence-corrected chi connectivity index (χ0v) is 14.0. The lowest BCUT2D eigenvalue weighted by Gasteiger charge is -2.41. The molecule has 1 saturated carbocycles. The Morgan fingerprint density at radius 1 is 1.12 bits per heavy atom. The molecule has 1 aromatic rings. The number of fused-ring (bicyclic) bond motifs is 1. The van der Waals surface area contributed by atoms with E-state index in [1.54, 1.807) is 12.1 Å². The first-order valence-corrected chi connectivity index (χ1v) is 7.99. The van der Waals surface area contributed by atoms with Gasteiger partial charge in [0.1, 0.15) is 11.8 Å². The summed E-state index contributed by atoms with van der Waals surface area (Å²) in [6.07, 6.45) is 3.40. The van der Waals surface area contributed by atoms with Crippen molar-refractivity contribution in [1.82, 2.24) is 5.32 Å². The first-order valence-electron chi connectivity index (χ1n) is 7.99. The second-order valence-corrected chi connectivity index (χ2v) is 6.44. The van der Waals surface area contributed by atoms with E-state index >= 15 is 0 Å². The van der Waals surface area contributed by atoms with Crippen molar-refractivity contribution in [3.8, 4) is 5.75 Å². The number of aromatic carboxylic acids is 1. The van der Waals surface area contributed by atoms with Gasteiger partial charge in [-0.05, 0) is 62.3 Å². The molecule has 1 aromatic carbocycles. The fourth-order valence-corrected chi connectivity index (χ4v) is 3.71. The number of carboxylic acid groups (broad SMARTS) is 2. The molecule has 0 aromatic heterocycles. The van der Waals surface area contributed by atoms with Crippen LogP contribution in [0.4, 0.5) is 0 Å². The van der Waals surface area contributed by atoms with Gasteiger partial charge in [0.05, 0.1) is 11.7 Å². The molecular formula is C17H22ClNO5. The van der Waals surface area contributed by atoms with Crippen molar-refractivity contribution >= 4 is 24.3 Å². The summed E-state index contributed by atoms with van der Waals surface area (Å²) < 4.78 is 5.96. The molecule has 132 valence electrons. The van der Waals surface area contributed by atoms with Crippen LogP contribution in [0.15, 0.2) is 24.3 Å². The maximum atomic E-state index is 11.2. The highest BCUT2D eigenvalue weighted by Crippen LogP contribution is 2.37. The molecule has 0 spiro atoms. The van der Waals surface area contributed by atoms with E-state index in [0.29, 0.717) is 24.0 Å². The minimum absolute atomic E-state index is 0. The normalized spacial score (nSPS) is 29.0. The molecule has 3 rings (SSSR count). The van der Waals surface area contributed by atoms with Gasteiger partial charge in [-0.3, -0.25) is 4.79 Å². The van der Waals surface area contributed by atoms with Crippen molar-refractivity contribution in [1.29, 1.82) is 0 Å². The van der Waals surface area contributed by atoms with Crippen molar-refractivity contribution in [3.05, 3.63) is 29.8 Å². The number of carboxylic acids is 2. The highest BCUT2D eigenvalue weighted by atomic mass is 35.5. The van der Waals surface area contributed by atoms with Crippen molar-refractivity contribution in [3.63, 3.8) is 0 Å². The first-order chi connectivity index (χ1) is 11.0. The third-order valence-electron chi connectivity index (χ3n) is 4.94. The van der Waals surface area contributed by atoms with Crippen LogP contribution >= 0.6 is 12.4 Å². The van der Waals surface area contributed by atoms with Gasteiger partial charge in [0, 0.05) is 0 Å². The molecular weight excluding hydrogens is 334 g/mol. The predicted molar refractivity (Wildman–Crippen MR) is 89.9 cm³/mol. The van der Waals surface area contributed by atoms with Gasteiger partial charge in [-0.15, -0.1) is 12.4 Å². The van der Waals surface area contributed by atoms with Crippen LogP contribution in [0.5, 0.6) is 5.75 Å². The molecule has 0 bridgehead atoms. The topological polar surface area (TPSA) is 95.9 Å². The Kier molecular flexibility index (Phi) is 6.07. The molecule has 2 fully saturated rings. The number of benzene rings is 1. The monoisotopic (exact) mass is 355 g/mol. The Morgan fingerprint density at radius 3 is 2.62 bits per heavy atom. The third kappa shape index (κ3) is 4.19. The zero-order chi connectivity index (χ0) is 16.4. The quantitative estimate of drug-likeness (QED) is 0.767. The summed E-state index contributed by atoms with van der Waals surface area (Å²) in [5, 5.41) is 21.3. The van der Waals surface area contributed by atoms with Crippen LogP contribution in [0.2, 0.25) is 0 Å². The lowest BCUT2D eigenvalue weighted by atomic mass is 9.72. The van der Waals surface area contributed by atoms with Gasteiger partial charge in [-0.2, -0.15) is 0 Å². The van der Waals surface area contributed by atoms with Crippen LogP contribution in [-0.4, -0.2) is 40.8 Å². The Bertz CT molecular complexity index is 608. The highest BCUT2D eigenvalue weighted by molar-refractivity contribution is 5.88. The molecule has 7 heteroatoms. The predicted octanol–water partition coefficient (Wildman–Crippen LogP) is 2.42. The summed E-state index contributed by atoms with van der Waals surface area (Å²) in [7, 11) is 0. The molecule has 0 amide bonds. The number of hydrogen-bond acceptors (Lipinski definition) is 4. The van der Waals surface area contributed by atoms with E-state index in [1.807, 2.05) is 0 Å². The lowest BCUT2D eigenvalue weighted by Crippen LogP contribution is -2.50. The second-order valence-electron chi connectivity index (χ2n) is 6.44. The lowest BCUT2D eigenvalue weighted by molar-refractivity contribution is -0.141. The van der Waals surface area contributed by atoms with Gasteiger partial charge in [-0.1, -0.05) is 6.07 Å². The van der Waals surface area contributed by atoms with E-state index in [1.165, 1.54) is 12.1 Å². The van der Waals surface area contributed by atoms with Crippen LogP contribution in [-0.2, 0) is 4.79 Å². The molecule has 6 nitrogen and oxygen atoms in total. The van der Waals surface area contributed by atoms with E-state index in [2.05, 4.69) is 5.32 Å². The smallest absolute Gasteiger partial charge is 0.335 e. The average Bonchev–Trinajstić information content (AvgIpc) is 2.54. The van der Waals surface area contributed by atoms with Crippen LogP contribution in [0.3, 0.4) is 0 Å². The van der Waals surface area contributed by atoms with Crippen LogP contribution in [0, 0.1) is 11.8 Å². The van der Waals surface area contributed by atoms with Crippen LogP contribution < -0.4 is 10.1 Å². The zero-order valence-electron chi connectivity index (χ0n) is 13.2. The van der Waals surface area contributed by atoms with Crippen molar-refractivity contribution in [2.24, 2.45) is 11.8 Å². The van der Waals surface area contributed by atoms with Crippen LogP contribution in [0.1, 0.15) is 36.0 Å². The summed E-state index contributed by atoms with van der Waals surface area (Å²) in [6.45, 7) is 0.753. The van der Waals surface area contributed by atoms with Crippen molar-refractivity contribution in [2.75, 3.05) is 6.54 Å². The van der Waals surface area contributed by atoms with Crippen LogP contribution in [0.25, 0.3) is 0 Å². The van der Waals surface area contributed by atoms with Gasteiger partial charge < -0.3 is 20.3 Å². The van der Waals surface area contributed by atoms with Crippen molar-refractivity contribution in [2.45, 2.75) is 37.8 Å².